The average Bonchev–Trinajstić information content (AvgIpc) is 2.66. The molecule has 1 atom stereocenters. The molecule has 0 saturated carbocycles. The predicted molar refractivity (Wildman–Crippen MR) is 57.0 cm³/mol. The fourth-order valence-electron chi connectivity index (χ4n) is 1.87. The number of hydrogen-bond donors (Lipinski definition) is 2. The van der Waals surface area contributed by atoms with Gasteiger partial charge >= 0.3 is 5.97 Å². The number of nitrogens with zero attached hydrogens (tertiary/aromatic N) is 1. The highest BCUT2D eigenvalue weighted by Crippen LogP contribution is 2.06. The zero-order chi connectivity index (χ0) is 11.1. The Morgan fingerprint density at radius 2 is 2.47 bits per heavy atom. The van der Waals surface area contributed by atoms with E-state index in [-0.39, 0.29) is 6.54 Å². The van der Waals surface area contributed by atoms with Crippen molar-refractivity contribution in [1.82, 2.24) is 10.2 Å². The predicted octanol–water partition coefficient (Wildman–Crippen LogP) is -0.229. The monoisotopic (exact) mass is 216 g/mol. The molecule has 0 radical (unpaired) electrons. The maximum atomic E-state index is 10.6. The van der Waals surface area contributed by atoms with Crippen molar-refractivity contribution < 1.29 is 14.6 Å². The first-order valence-corrected chi connectivity index (χ1v) is 5.39. The van der Waals surface area contributed by atoms with E-state index in [2.05, 4.69) is 5.32 Å². The van der Waals surface area contributed by atoms with Crippen molar-refractivity contribution in [2.24, 2.45) is 0 Å². The fourth-order valence-corrected chi connectivity index (χ4v) is 1.87. The van der Waals surface area contributed by atoms with Crippen molar-refractivity contribution in [3.05, 3.63) is 0 Å². The van der Waals surface area contributed by atoms with Crippen molar-refractivity contribution in [3.63, 3.8) is 0 Å². The molecule has 0 aromatic carbocycles. The molecule has 0 aromatic rings. The van der Waals surface area contributed by atoms with Gasteiger partial charge < -0.3 is 15.2 Å². The van der Waals surface area contributed by atoms with Crippen LogP contribution in [0.15, 0.2) is 0 Å². The van der Waals surface area contributed by atoms with Crippen LogP contribution in [0.2, 0.25) is 0 Å². The van der Waals surface area contributed by atoms with Gasteiger partial charge in [-0.1, -0.05) is 0 Å². The van der Waals surface area contributed by atoms with Gasteiger partial charge in [-0.15, -0.1) is 0 Å². The second kappa shape index (κ2) is 6.76. The van der Waals surface area contributed by atoms with E-state index in [1.165, 1.54) is 6.42 Å². The standard InChI is InChI=1S/C10H20N2O3/c1-15-6-5-12(8-10(13)14)7-9-3-2-4-11-9/h9,11H,2-8H2,1H3,(H,13,14). The maximum Gasteiger partial charge on any atom is 0.317 e. The highest BCUT2D eigenvalue weighted by molar-refractivity contribution is 5.69. The number of carboxylic acids is 1. The topological polar surface area (TPSA) is 61.8 Å². The third-order valence-corrected chi connectivity index (χ3v) is 2.61. The third kappa shape index (κ3) is 5.11. The van der Waals surface area contributed by atoms with Crippen molar-refractivity contribution >= 4 is 5.97 Å². The molecule has 0 bridgehead atoms. The highest BCUT2D eigenvalue weighted by Gasteiger charge is 2.18. The van der Waals surface area contributed by atoms with Gasteiger partial charge in [0, 0.05) is 26.2 Å². The van der Waals surface area contributed by atoms with E-state index in [1.807, 2.05) is 4.90 Å². The molecule has 5 heteroatoms. The number of ether oxygens (including phenoxy) is 1. The van der Waals surface area contributed by atoms with E-state index in [4.69, 9.17) is 9.84 Å². The van der Waals surface area contributed by atoms with Gasteiger partial charge in [-0.05, 0) is 19.4 Å². The van der Waals surface area contributed by atoms with E-state index < -0.39 is 5.97 Å². The Morgan fingerprint density at radius 1 is 1.67 bits per heavy atom. The van der Waals surface area contributed by atoms with E-state index >= 15 is 0 Å². The number of aliphatic carboxylic acids is 1. The summed E-state index contributed by atoms with van der Waals surface area (Å²) in [4.78, 5) is 12.6. The van der Waals surface area contributed by atoms with E-state index in [1.54, 1.807) is 7.11 Å². The first-order valence-electron chi connectivity index (χ1n) is 5.39. The lowest BCUT2D eigenvalue weighted by molar-refractivity contribution is -0.138. The minimum absolute atomic E-state index is 0.0988. The number of nitrogens with one attached hydrogen (secondary N) is 1. The summed E-state index contributed by atoms with van der Waals surface area (Å²) >= 11 is 0. The normalized spacial score (nSPS) is 21.1. The minimum atomic E-state index is -0.774. The lowest BCUT2D eigenvalue weighted by atomic mass is 10.2. The maximum absolute atomic E-state index is 10.6. The van der Waals surface area contributed by atoms with Gasteiger partial charge in [0.15, 0.2) is 0 Å². The molecule has 2 N–H and O–H groups in total. The van der Waals surface area contributed by atoms with Crippen molar-refractivity contribution in [3.8, 4) is 0 Å². The zero-order valence-corrected chi connectivity index (χ0v) is 9.24. The highest BCUT2D eigenvalue weighted by atomic mass is 16.5. The van der Waals surface area contributed by atoms with Crippen LogP contribution < -0.4 is 5.32 Å². The quantitative estimate of drug-likeness (QED) is 0.615. The molecule has 1 unspecified atom stereocenters. The molecule has 0 amide bonds. The Balaban J connectivity index is 2.29. The van der Waals surface area contributed by atoms with Crippen LogP contribution >= 0.6 is 0 Å². The van der Waals surface area contributed by atoms with Gasteiger partial charge in [0.1, 0.15) is 0 Å². The van der Waals surface area contributed by atoms with Crippen LogP contribution in [-0.4, -0.2) is 61.9 Å². The molecular weight excluding hydrogens is 196 g/mol. The molecule has 1 heterocycles. The lowest BCUT2D eigenvalue weighted by Gasteiger charge is -2.23. The first kappa shape index (κ1) is 12.4. The summed E-state index contributed by atoms with van der Waals surface area (Å²) < 4.78 is 4.96. The Hall–Kier alpha value is -0.650. The van der Waals surface area contributed by atoms with Crippen molar-refractivity contribution in [2.45, 2.75) is 18.9 Å². The Bertz CT molecular complexity index is 193. The molecule has 0 aromatic heterocycles. The van der Waals surface area contributed by atoms with Crippen LogP contribution in [0, 0.1) is 0 Å². The van der Waals surface area contributed by atoms with Gasteiger partial charge in [-0.3, -0.25) is 9.69 Å². The van der Waals surface area contributed by atoms with Crippen LogP contribution in [0.3, 0.4) is 0 Å². The molecule has 5 nitrogen and oxygen atoms in total. The number of carbonyl (C=O) groups is 1. The van der Waals surface area contributed by atoms with E-state index in [0.29, 0.717) is 19.2 Å². The lowest BCUT2D eigenvalue weighted by Crippen LogP contribution is -2.41. The molecule has 88 valence electrons. The molecule has 1 fully saturated rings. The Labute approximate surface area is 90.4 Å². The average molecular weight is 216 g/mol. The summed E-state index contributed by atoms with van der Waals surface area (Å²) in [5.41, 5.74) is 0. The second-order valence-corrected chi connectivity index (χ2v) is 3.91. The Morgan fingerprint density at radius 3 is 3.00 bits per heavy atom. The van der Waals surface area contributed by atoms with Crippen LogP contribution in [0.4, 0.5) is 0 Å². The van der Waals surface area contributed by atoms with Crippen molar-refractivity contribution in [1.29, 1.82) is 0 Å². The fraction of sp³-hybridized carbons (Fsp3) is 0.900. The van der Waals surface area contributed by atoms with Crippen LogP contribution in [0.1, 0.15) is 12.8 Å². The number of hydrogen-bond acceptors (Lipinski definition) is 4. The van der Waals surface area contributed by atoms with Crippen LogP contribution in [0.5, 0.6) is 0 Å². The van der Waals surface area contributed by atoms with Gasteiger partial charge in [-0.25, -0.2) is 0 Å². The third-order valence-electron chi connectivity index (χ3n) is 2.61. The SMILES string of the molecule is COCCN(CC(=O)O)CC1CCCN1. The minimum Gasteiger partial charge on any atom is -0.480 e. The van der Waals surface area contributed by atoms with Gasteiger partial charge in [0.05, 0.1) is 13.2 Å². The summed E-state index contributed by atoms with van der Waals surface area (Å²) in [6.45, 7) is 3.22. The summed E-state index contributed by atoms with van der Waals surface area (Å²) in [7, 11) is 1.63. The first-order chi connectivity index (χ1) is 7.22. The molecule has 1 aliphatic rings. The molecule has 15 heavy (non-hydrogen) atoms. The van der Waals surface area contributed by atoms with Gasteiger partial charge in [0.25, 0.3) is 0 Å². The van der Waals surface area contributed by atoms with Gasteiger partial charge in [-0.2, -0.15) is 0 Å². The van der Waals surface area contributed by atoms with E-state index in [9.17, 15) is 4.79 Å². The summed E-state index contributed by atoms with van der Waals surface area (Å²) in [5, 5.41) is 12.1. The number of rotatable bonds is 7. The van der Waals surface area contributed by atoms with Gasteiger partial charge in [0.2, 0.25) is 0 Å². The molecular formula is C10H20N2O3. The molecule has 1 aliphatic heterocycles. The molecule has 1 saturated heterocycles. The van der Waals surface area contributed by atoms with E-state index in [0.717, 1.165) is 19.5 Å². The largest absolute Gasteiger partial charge is 0.480 e. The number of carboxylic acid groups (broad SMARTS) is 1. The number of methoxy groups -OCH3 is 1. The molecule has 0 spiro atoms. The van der Waals surface area contributed by atoms with Crippen molar-refractivity contribution in [2.75, 3.05) is 39.9 Å². The van der Waals surface area contributed by atoms with Crippen LogP contribution in [-0.2, 0) is 9.53 Å². The summed E-state index contributed by atoms with van der Waals surface area (Å²) in [5.74, 6) is -0.774. The smallest absolute Gasteiger partial charge is 0.317 e. The second-order valence-electron chi connectivity index (χ2n) is 3.91. The van der Waals surface area contributed by atoms with Crippen LogP contribution in [0.25, 0.3) is 0 Å². The molecule has 1 rings (SSSR count). The Kier molecular flexibility index (Phi) is 5.60. The summed E-state index contributed by atoms with van der Waals surface area (Å²) in [6.07, 6.45) is 2.33. The molecule has 0 aliphatic carbocycles. The zero-order valence-electron chi connectivity index (χ0n) is 9.24. The summed E-state index contributed by atoms with van der Waals surface area (Å²) in [6, 6.07) is 0.446.